The molecule has 0 spiro atoms. The lowest BCUT2D eigenvalue weighted by Gasteiger charge is -2.05. The second-order valence-electron chi connectivity index (χ2n) is 3.73. The average Bonchev–Trinajstić information content (AvgIpc) is 2.39. The first-order chi connectivity index (χ1) is 9.06. The zero-order valence-electron chi connectivity index (χ0n) is 9.74. The zero-order valence-corrected chi connectivity index (χ0v) is 9.74. The molecule has 1 heterocycles. The van der Waals surface area contributed by atoms with Crippen molar-refractivity contribution in [3.8, 4) is 0 Å². The number of aromatic nitrogens is 1. The van der Waals surface area contributed by atoms with Gasteiger partial charge in [-0.25, -0.2) is 4.98 Å². The number of rotatable bonds is 3. The number of nitrogens with zero attached hydrogens (tertiary/aromatic N) is 2. The molecule has 0 atom stereocenters. The summed E-state index contributed by atoms with van der Waals surface area (Å²) < 4.78 is 0. The lowest BCUT2D eigenvalue weighted by atomic mass is 10.2. The molecule has 0 aliphatic heterocycles. The molecule has 1 aromatic heterocycles. The van der Waals surface area contributed by atoms with Gasteiger partial charge in [-0.3, -0.25) is 14.9 Å². The van der Waals surface area contributed by atoms with Crippen LogP contribution in [-0.2, 0) is 0 Å². The van der Waals surface area contributed by atoms with Crippen LogP contribution in [0, 0.1) is 10.1 Å². The molecule has 0 radical (unpaired) electrons. The highest BCUT2D eigenvalue weighted by Gasteiger charge is 2.10. The molecule has 19 heavy (non-hydrogen) atoms. The molecule has 0 fully saturated rings. The summed E-state index contributed by atoms with van der Waals surface area (Å²) in [6, 6.07) is 8.61. The Morgan fingerprint density at radius 3 is 2.79 bits per heavy atom. The lowest BCUT2D eigenvalue weighted by molar-refractivity contribution is -0.384. The molecule has 7 heteroatoms. The van der Waals surface area contributed by atoms with Crippen molar-refractivity contribution >= 4 is 23.1 Å². The van der Waals surface area contributed by atoms with E-state index in [1.54, 1.807) is 6.07 Å². The lowest BCUT2D eigenvalue weighted by Crippen LogP contribution is -2.12. The third-order valence-corrected chi connectivity index (χ3v) is 2.36. The van der Waals surface area contributed by atoms with Crippen molar-refractivity contribution in [2.45, 2.75) is 0 Å². The number of nitro benzene ring substituents is 1. The van der Waals surface area contributed by atoms with Crippen LogP contribution in [0.2, 0.25) is 0 Å². The summed E-state index contributed by atoms with van der Waals surface area (Å²) in [4.78, 5) is 25.8. The Balaban J connectivity index is 2.19. The average molecular weight is 258 g/mol. The quantitative estimate of drug-likeness (QED) is 0.644. The third-order valence-electron chi connectivity index (χ3n) is 2.36. The van der Waals surface area contributed by atoms with Gasteiger partial charge in [0.05, 0.1) is 4.92 Å². The van der Waals surface area contributed by atoms with E-state index in [9.17, 15) is 14.9 Å². The number of benzene rings is 1. The summed E-state index contributed by atoms with van der Waals surface area (Å²) in [5.74, 6) is -0.179. The third kappa shape index (κ3) is 3.03. The first-order valence-electron chi connectivity index (χ1n) is 5.33. The predicted octanol–water partition coefficient (Wildman–Crippen LogP) is 1.82. The highest BCUT2D eigenvalue weighted by molar-refractivity contribution is 6.04. The SMILES string of the molecule is Nc1cc(C(=O)Nc2cccc([N+](=O)[O-])c2)ccn1. The summed E-state index contributed by atoms with van der Waals surface area (Å²) in [5, 5.41) is 13.2. The summed E-state index contributed by atoms with van der Waals surface area (Å²) >= 11 is 0. The Hall–Kier alpha value is -2.96. The second kappa shape index (κ2) is 5.13. The van der Waals surface area contributed by atoms with Gasteiger partial charge in [-0.2, -0.15) is 0 Å². The molecule has 0 aliphatic rings. The van der Waals surface area contributed by atoms with Crippen LogP contribution in [-0.4, -0.2) is 15.8 Å². The number of nitro groups is 1. The van der Waals surface area contributed by atoms with Crippen molar-refractivity contribution in [1.82, 2.24) is 4.98 Å². The van der Waals surface area contributed by atoms with E-state index in [2.05, 4.69) is 10.3 Å². The van der Waals surface area contributed by atoms with Gasteiger partial charge in [0.1, 0.15) is 5.82 Å². The standard InChI is InChI=1S/C12H10N4O3/c13-11-6-8(4-5-14-11)12(17)15-9-2-1-3-10(7-9)16(18)19/h1-7H,(H2,13,14)(H,15,17). The molecule has 2 aromatic rings. The first-order valence-corrected chi connectivity index (χ1v) is 5.33. The molecule has 7 nitrogen and oxygen atoms in total. The number of hydrogen-bond acceptors (Lipinski definition) is 5. The van der Waals surface area contributed by atoms with E-state index in [0.717, 1.165) is 0 Å². The van der Waals surface area contributed by atoms with Gasteiger partial charge in [0.2, 0.25) is 0 Å². The molecular weight excluding hydrogens is 248 g/mol. The minimum Gasteiger partial charge on any atom is -0.384 e. The number of amides is 1. The van der Waals surface area contributed by atoms with Gasteiger partial charge in [-0.15, -0.1) is 0 Å². The highest BCUT2D eigenvalue weighted by atomic mass is 16.6. The van der Waals surface area contributed by atoms with Crippen LogP contribution in [0.5, 0.6) is 0 Å². The highest BCUT2D eigenvalue weighted by Crippen LogP contribution is 2.17. The molecule has 1 aromatic carbocycles. The maximum Gasteiger partial charge on any atom is 0.271 e. The van der Waals surface area contributed by atoms with Crippen LogP contribution in [0.1, 0.15) is 10.4 Å². The molecule has 3 N–H and O–H groups in total. The van der Waals surface area contributed by atoms with Gasteiger partial charge >= 0.3 is 0 Å². The van der Waals surface area contributed by atoms with E-state index in [1.165, 1.54) is 36.5 Å². The van der Waals surface area contributed by atoms with E-state index in [1.807, 2.05) is 0 Å². The molecular formula is C12H10N4O3. The van der Waals surface area contributed by atoms with Gasteiger partial charge in [-0.1, -0.05) is 6.07 Å². The number of anilines is 2. The number of carbonyl (C=O) groups excluding carboxylic acids is 1. The van der Waals surface area contributed by atoms with Crippen molar-refractivity contribution in [2.75, 3.05) is 11.1 Å². The monoisotopic (exact) mass is 258 g/mol. The number of nitrogen functional groups attached to an aromatic ring is 1. The van der Waals surface area contributed by atoms with Gasteiger partial charge in [0.25, 0.3) is 11.6 Å². The Labute approximate surface area is 108 Å². The molecule has 0 saturated carbocycles. The van der Waals surface area contributed by atoms with Crippen LogP contribution >= 0.6 is 0 Å². The molecule has 0 saturated heterocycles. The van der Waals surface area contributed by atoms with Crippen LogP contribution in [0.15, 0.2) is 42.6 Å². The van der Waals surface area contributed by atoms with E-state index in [0.29, 0.717) is 11.3 Å². The zero-order chi connectivity index (χ0) is 13.8. The predicted molar refractivity (Wildman–Crippen MR) is 69.7 cm³/mol. The van der Waals surface area contributed by atoms with Crippen molar-refractivity contribution in [1.29, 1.82) is 0 Å². The number of pyridine rings is 1. The van der Waals surface area contributed by atoms with Crippen LogP contribution in [0.25, 0.3) is 0 Å². The van der Waals surface area contributed by atoms with Crippen molar-refractivity contribution in [3.63, 3.8) is 0 Å². The fraction of sp³-hybridized carbons (Fsp3) is 0. The maximum absolute atomic E-state index is 11.9. The van der Waals surface area contributed by atoms with Gasteiger partial charge < -0.3 is 11.1 Å². The Morgan fingerprint density at radius 1 is 1.32 bits per heavy atom. The molecule has 96 valence electrons. The summed E-state index contributed by atoms with van der Waals surface area (Å²) in [6.45, 7) is 0. The number of carbonyl (C=O) groups is 1. The topological polar surface area (TPSA) is 111 Å². The minimum atomic E-state index is -0.528. The fourth-order valence-corrected chi connectivity index (χ4v) is 1.49. The van der Waals surface area contributed by atoms with Gasteiger partial charge in [-0.05, 0) is 18.2 Å². The van der Waals surface area contributed by atoms with Crippen LogP contribution in [0.3, 0.4) is 0 Å². The largest absolute Gasteiger partial charge is 0.384 e. The maximum atomic E-state index is 11.9. The van der Waals surface area contributed by atoms with E-state index in [4.69, 9.17) is 5.73 Å². The second-order valence-corrected chi connectivity index (χ2v) is 3.73. The van der Waals surface area contributed by atoms with E-state index < -0.39 is 10.8 Å². The number of hydrogen-bond donors (Lipinski definition) is 2. The van der Waals surface area contributed by atoms with Crippen LogP contribution in [0.4, 0.5) is 17.2 Å². The molecule has 0 aliphatic carbocycles. The van der Waals surface area contributed by atoms with E-state index >= 15 is 0 Å². The number of non-ortho nitro benzene ring substituents is 1. The normalized spacial score (nSPS) is 9.89. The van der Waals surface area contributed by atoms with Gasteiger partial charge in [0, 0.05) is 29.6 Å². The first kappa shape index (κ1) is 12.5. The Bertz CT molecular complexity index is 642. The molecule has 1 amide bonds. The summed E-state index contributed by atoms with van der Waals surface area (Å²) in [6.07, 6.45) is 1.41. The summed E-state index contributed by atoms with van der Waals surface area (Å²) in [5.41, 5.74) is 6.06. The van der Waals surface area contributed by atoms with Crippen LogP contribution < -0.4 is 11.1 Å². The summed E-state index contributed by atoms with van der Waals surface area (Å²) in [7, 11) is 0. The fourth-order valence-electron chi connectivity index (χ4n) is 1.49. The molecule has 0 bridgehead atoms. The smallest absolute Gasteiger partial charge is 0.271 e. The molecule has 0 unspecified atom stereocenters. The number of nitrogens with two attached hydrogens (primary N) is 1. The van der Waals surface area contributed by atoms with Gasteiger partial charge in [0.15, 0.2) is 0 Å². The minimum absolute atomic E-state index is 0.0907. The van der Waals surface area contributed by atoms with E-state index in [-0.39, 0.29) is 11.5 Å². The number of nitrogens with one attached hydrogen (secondary N) is 1. The van der Waals surface area contributed by atoms with Crippen molar-refractivity contribution in [3.05, 3.63) is 58.3 Å². The van der Waals surface area contributed by atoms with Crippen molar-refractivity contribution < 1.29 is 9.72 Å². The Morgan fingerprint density at radius 2 is 2.11 bits per heavy atom. The Kier molecular flexibility index (Phi) is 3.37. The molecule has 2 rings (SSSR count). The van der Waals surface area contributed by atoms with Crippen molar-refractivity contribution in [2.24, 2.45) is 0 Å².